The molecule has 6 rings (SSSR count). The molecule has 0 N–H and O–H groups in total. The summed E-state index contributed by atoms with van der Waals surface area (Å²) in [5, 5.41) is 0. The maximum atomic E-state index is 14.2. The second kappa shape index (κ2) is 14.4. The lowest BCUT2D eigenvalue weighted by Gasteiger charge is -2.25. The Morgan fingerprint density at radius 2 is 1.52 bits per heavy atom. The van der Waals surface area contributed by atoms with Gasteiger partial charge in [0.05, 0.1) is 40.6 Å². The largest absolute Gasteiger partial charge is 0.488 e. The van der Waals surface area contributed by atoms with Crippen molar-refractivity contribution in [3.05, 3.63) is 162 Å². The van der Waals surface area contributed by atoms with Gasteiger partial charge in [-0.3, -0.25) is 9.36 Å². The molecule has 242 valence electrons. The SMILES string of the molecule is CCOC(=O)C1=C(c2ccccc2)N=c2s/c(=C\c3ccccc3OCc3ccc(C(=O)OCC)cc3)c(=O)n2[C@@H]1c1ccc(F)cc1. The fourth-order valence-electron chi connectivity index (χ4n) is 5.39. The molecule has 1 atom stereocenters. The number of aromatic nitrogens is 1. The molecule has 8 nitrogen and oxygen atoms in total. The highest BCUT2D eigenvalue weighted by Crippen LogP contribution is 2.35. The van der Waals surface area contributed by atoms with Crippen LogP contribution >= 0.6 is 11.3 Å². The van der Waals surface area contributed by atoms with Gasteiger partial charge in [0.15, 0.2) is 4.80 Å². The van der Waals surface area contributed by atoms with E-state index in [-0.39, 0.29) is 30.3 Å². The number of hydrogen-bond acceptors (Lipinski definition) is 8. The van der Waals surface area contributed by atoms with E-state index < -0.39 is 17.8 Å². The first-order chi connectivity index (χ1) is 23.4. The number of carbonyl (C=O) groups excluding carboxylic acids is 2. The van der Waals surface area contributed by atoms with Gasteiger partial charge in [-0.2, -0.15) is 0 Å². The molecule has 5 aromatic rings. The third kappa shape index (κ3) is 6.74. The monoisotopic (exact) mass is 662 g/mol. The molecule has 4 aromatic carbocycles. The number of nitrogens with zero attached hydrogens (tertiary/aromatic N) is 2. The minimum atomic E-state index is -0.915. The lowest BCUT2D eigenvalue weighted by molar-refractivity contribution is -0.138. The number of hydrogen-bond donors (Lipinski definition) is 0. The number of esters is 2. The molecule has 0 unspecified atom stereocenters. The Morgan fingerprint density at radius 1 is 0.854 bits per heavy atom. The summed E-state index contributed by atoms with van der Waals surface area (Å²) < 4.78 is 32.6. The van der Waals surface area contributed by atoms with Crippen LogP contribution in [0.1, 0.15) is 52.5 Å². The molecule has 0 saturated heterocycles. The van der Waals surface area contributed by atoms with Crippen molar-refractivity contribution in [2.24, 2.45) is 4.99 Å². The molecule has 0 spiro atoms. The van der Waals surface area contributed by atoms with Crippen LogP contribution in [0.2, 0.25) is 0 Å². The van der Waals surface area contributed by atoms with E-state index in [1.54, 1.807) is 56.3 Å². The van der Waals surface area contributed by atoms with Crippen LogP contribution in [0.15, 0.2) is 118 Å². The topological polar surface area (TPSA) is 96.2 Å². The van der Waals surface area contributed by atoms with Crippen LogP contribution in [0.4, 0.5) is 4.39 Å². The predicted octanol–water partition coefficient (Wildman–Crippen LogP) is 5.83. The Kier molecular flexibility index (Phi) is 9.73. The lowest BCUT2D eigenvalue weighted by Crippen LogP contribution is -2.40. The van der Waals surface area contributed by atoms with Gasteiger partial charge in [0.1, 0.15) is 18.2 Å². The molecule has 0 radical (unpaired) electrons. The smallest absolute Gasteiger partial charge is 0.338 e. The van der Waals surface area contributed by atoms with Gasteiger partial charge >= 0.3 is 11.9 Å². The van der Waals surface area contributed by atoms with Crippen molar-refractivity contribution in [3.8, 4) is 5.75 Å². The van der Waals surface area contributed by atoms with Gasteiger partial charge in [-0.25, -0.2) is 19.0 Å². The molecule has 0 saturated carbocycles. The molecule has 0 fully saturated rings. The van der Waals surface area contributed by atoms with Crippen molar-refractivity contribution < 1.29 is 28.2 Å². The fraction of sp³-hybridized carbons (Fsp3) is 0.158. The van der Waals surface area contributed by atoms with Crippen molar-refractivity contribution >= 4 is 35.0 Å². The summed E-state index contributed by atoms with van der Waals surface area (Å²) in [6, 6.07) is 28.3. The van der Waals surface area contributed by atoms with Crippen LogP contribution in [0.5, 0.6) is 5.75 Å². The third-order valence-corrected chi connectivity index (χ3v) is 8.61. The van der Waals surface area contributed by atoms with Crippen LogP contribution in [0.25, 0.3) is 11.8 Å². The van der Waals surface area contributed by atoms with Crippen molar-refractivity contribution in [2.75, 3.05) is 13.2 Å². The highest BCUT2D eigenvalue weighted by molar-refractivity contribution is 7.07. The van der Waals surface area contributed by atoms with E-state index in [4.69, 9.17) is 19.2 Å². The quantitative estimate of drug-likeness (QED) is 0.175. The van der Waals surface area contributed by atoms with Crippen molar-refractivity contribution in [1.29, 1.82) is 0 Å². The van der Waals surface area contributed by atoms with Gasteiger partial charge in [0.25, 0.3) is 5.56 Å². The molecular formula is C38H31FN2O6S. The average molecular weight is 663 g/mol. The average Bonchev–Trinajstić information content (AvgIpc) is 3.42. The Hall–Kier alpha value is -5.61. The minimum absolute atomic E-state index is 0.122. The highest BCUT2D eigenvalue weighted by atomic mass is 32.1. The zero-order chi connectivity index (χ0) is 33.6. The molecular weight excluding hydrogens is 631 g/mol. The standard InChI is InChI=1S/C38H31FN2O6S/c1-3-45-36(43)27-16-14-24(15-17-27)23-47-30-13-9-8-12-28(30)22-31-35(42)41-34(26-18-20-29(39)21-19-26)32(37(44)46-4-2)33(40-38(41)48-31)25-10-6-5-7-11-25/h5-22,34H,3-4,23H2,1-2H3/b31-22-/t34-/m1/s1. The Balaban J connectivity index is 1.43. The van der Waals surface area contributed by atoms with Gasteiger partial charge < -0.3 is 14.2 Å². The summed E-state index contributed by atoms with van der Waals surface area (Å²) in [7, 11) is 0. The first-order valence-electron chi connectivity index (χ1n) is 15.4. The Labute approximate surface area is 279 Å². The van der Waals surface area contributed by atoms with E-state index in [2.05, 4.69) is 0 Å². The second-order valence-corrected chi connectivity index (χ2v) is 11.7. The van der Waals surface area contributed by atoms with E-state index in [0.29, 0.717) is 49.6 Å². The van der Waals surface area contributed by atoms with E-state index in [1.165, 1.54) is 28.0 Å². The molecule has 0 bridgehead atoms. The number of fused-ring (bicyclic) bond motifs is 1. The van der Waals surface area contributed by atoms with Crippen LogP contribution in [0, 0.1) is 5.82 Å². The number of carbonyl (C=O) groups is 2. The number of para-hydroxylation sites is 1. The van der Waals surface area contributed by atoms with Crippen LogP contribution in [-0.2, 0) is 20.9 Å². The van der Waals surface area contributed by atoms with Gasteiger partial charge in [-0.15, -0.1) is 0 Å². The number of thiazole rings is 1. The van der Waals surface area contributed by atoms with Crippen LogP contribution in [0.3, 0.4) is 0 Å². The summed E-state index contributed by atoms with van der Waals surface area (Å²) in [5.41, 5.74) is 3.38. The minimum Gasteiger partial charge on any atom is -0.488 e. The first-order valence-corrected chi connectivity index (χ1v) is 16.2. The summed E-state index contributed by atoms with van der Waals surface area (Å²) in [4.78, 5) is 45.0. The number of rotatable bonds is 10. The molecule has 0 aliphatic carbocycles. The van der Waals surface area contributed by atoms with Gasteiger partial charge in [0.2, 0.25) is 0 Å². The molecule has 0 amide bonds. The predicted molar refractivity (Wildman–Crippen MR) is 181 cm³/mol. The van der Waals surface area contributed by atoms with E-state index in [1.807, 2.05) is 54.6 Å². The van der Waals surface area contributed by atoms with Gasteiger partial charge in [-0.1, -0.05) is 84.1 Å². The van der Waals surface area contributed by atoms with Crippen LogP contribution in [-0.4, -0.2) is 29.7 Å². The summed E-state index contributed by atoms with van der Waals surface area (Å²) >= 11 is 1.18. The van der Waals surface area contributed by atoms with Gasteiger partial charge in [0, 0.05) is 11.1 Å². The normalized spacial score (nSPS) is 14.2. The Morgan fingerprint density at radius 3 is 2.23 bits per heavy atom. The summed E-state index contributed by atoms with van der Waals surface area (Å²) in [6.45, 7) is 4.11. The molecule has 1 aliphatic heterocycles. The van der Waals surface area contributed by atoms with E-state index in [0.717, 1.165) is 5.56 Å². The van der Waals surface area contributed by atoms with Crippen molar-refractivity contribution in [2.45, 2.75) is 26.5 Å². The van der Waals surface area contributed by atoms with Crippen molar-refractivity contribution in [3.63, 3.8) is 0 Å². The van der Waals surface area contributed by atoms with Gasteiger partial charge in [-0.05, 0) is 61.4 Å². The first kappa shape index (κ1) is 32.3. The lowest BCUT2D eigenvalue weighted by atomic mass is 9.93. The molecule has 1 aromatic heterocycles. The summed E-state index contributed by atoms with van der Waals surface area (Å²) in [5.74, 6) is -0.894. The molecule has 10 heteroatoms. The number of halogens is 1. The number of benzene rings is 4. The third-order valence-electron chi connectivity index (χ3n) is 7.62. The second-order valence-electron chi connectivity index (χ2n) is 10.7. The van der Waals surface area contributed by atoms with E-state index >= 15 is 0 Å². The zero-order valence-corrected chi connectivity index (χ0v) is 27.0. The number of ether oxygens (including phenoxy) is 3. The van der Waals surface area contributed by atoms with Crippen LogP contribution < -0.4 is 19.6 Å². The zero-order valence-electron chi connectivity index (χ0n) is 26.2. The van der Waals surface area contributed by atoms with Crippen molar-refractivity contribution in [1.82, 2.24) is 4.57 Å². The Bertz CT molecular complexity index is 2170. The summed E-state index contributed by atoms with van der Waals surface area (Å²) in [6.07, 6.45) is 1.74. The maximum absolute atomic E-state index is 14.2. The molecule has 1 aliphatic rings. The molecule has 48 heavy (non-hydrogen) atoms. The molecule has 2 heterocycles. The highest BCUT2D eigenvalue weighted by Gasteiger charge is 2.35. The fourth-order valence-corrected chi connectivity index (χ4v) is 6.38. The maximum Gasteiger partial charge on any atom is 0.338 e. The van der Waals surface area contributed by atoms with E-state index in [9.17, 15) is 18.8 Å².